The lowest BCUT2D eigenvalue weighted by Crippen LogP contribution is -2.44. The number of amides is 2. The summed E-state index contributed by atoms with van der Waals surface area (Å²) < 4.78 is 16.1. The minimum absolute atomic E-state index is 0.296. The molecular formula is C34H32N2O7. The first-order valence-electron chi connectivity index (χ1n) is 14.4. The molecule has 6 rings (SSSR count). The van der Waals surface area contributed by atoms with Crippen molar-refractivity contribution in [1.82, 2.24) is 4.90 Å². The Morgan fingerprint density at radius 3 is 2.26 bits per heavy atom. The minimum atomic E-state index is -0.924. The van der Waals surface area contributed by atoms with E-state index >= 15 is 0 Å². The maximum atomic E-state index is 14.2. The SMILES string of the molecule is CCCCOC(=O)c1ccc(N2C(=O)[C@@H]3[C@H](C2=O)[C@H]2c4ccccc4C=CN2[C@H]3C(=O)c2ccc(OC)c(OC)c2)cc1. The molecule has 9 heteroatoms. The van der Waals surface area contributed by atoms with Gasteiger partial charge in [-0.2, -0.15) is 0 Å². The lowest BCUT2D eigenvalue weighted by molar-refractivity contribution is -0.123. The Morgan fingerprint density at radius 2 is 1.53 bits per heavy atom. The molecule has 0 N–H and O–H groups in total. The molecule has 2 amide bonds. The van der Waals surface area contributed by atoms with Gasteiger partial charge < -0.3 is 19.1 Å². The summed E-state index contributed by atoms with van der Waals surface area (Å²) in [6.07, 6.45) is 5.40. The molecule has 0 aromatic heterocycles. The van der Waals surface area contributed by atoms with Gasteiger partial charge in [-0.25, -0.2) is 9.69 Å². The lowest BCUT2D eigenvalue weighted by Gasteiger charge is -2.35. The predicted molar refractivity (Wildman–Crippen MR) is 159 cm³/mol. The zero-order valence-electron chi connectivity index (χ0n) is 24.2. The number of carbonyl (C=O) groups excluding carboxylic acids is 4. The summed E-state index contributed by atoms with van der Waals surface area (Å²) >= 11 is 0. The van der Waals surface area contributed by atoms with Crippen LogP contribution >= 0.6 is 0 Å². The van der Waals surface area contributed by atoms with Crippen molar-refractivity contribution < 1.29 is 33.4 Å². The normalized spacial score (nSPS) is 21.7. The molecule has 0 bridgehead atoms. The molecule has 43 heavy (non-hydrogen) atoms. The second-order valence-electron chi connectivity index (χ2n) is 10.8. The smallest absolute Gasteiger partial charge is 0.338 e. The highest BCUT2D eigenvalue weighted by atomic mass is 16.5. The van der Waals surface area contributed by atoms with Crippen LogP contribution in [0.2, 0.25) is 0 Å². The van der Waals surface area contributed by atoms with Crippen LogP contribution in [0.1, 0.15) is 57.7 Å². The average molecular weight is 581 g/mol. The van der Waals surface area contributed by atoms with E-state index in [1.807, 2.05) is 48.4 Å². The number of fused-ring (bicyclic) bond motifs is 5. The minimum Gasteiger partial charge on any atom is -0.493 e. The van der Waals surface area contributed by atoms with E-state index in [9.17, 15) is 19.2 Å². The molecule has 2 saturated heterocycles. The van der Waals surface area contributed by atoms with Crippen molar-refractivity contribution in [2.24, 2.45) is 11.8 Å². The maximum absolute atomic E-state index is 14.2. The number of anilines is 1. The van der Waals surface area contributed by atoms with Crippen molar-refractivity contribution in [1.29, 1.82) is 0 Å². The number of hydrogen-bond donors (Lipinski definition) is 0. The average Bonchev–Trinajstić information content (AvgIpc) is 3.52. The first-order valence-corrected chi connectivity index (χ1v) is 14.4. The first kappa shape index (κ1) is 28.2. The highest BCUT2D eigenvalue weighted by Crippen LogP contribution is 2.53. The fourth-order valence-corrected chi connectivity index (χ4v) is 6.41. The second-order valence-corrected chi connectivity index (χ2v) is 10.8. The third-order valence-electron chi connectivity index (χ3n) is 8.49. The van der Waals surface area contributed by atoms with Crippen LogP contribution in [0.15, 0.2) is 72.9 Å². The molecular weight excluding hydrogens is 548 g/mol. The van der Waals surface area contributed by atoms with Gasteiger partial charge in [0.15, 0.2) is 17.3 Å². The monoisotopic (exact) mass is 580 g/mol. The second kappa shape index (κ2) is 11.4. The van der Waals surface area contributed by atoms with Gasteiger partial charge in [-0.1, -0.05) is 37.6 Å². The van der Waals surface area contributed by atoms with E-state index in [-0.39, 0.29) is 11.7 Å². The Balaban J connectivity index is 1.38. The number of ether oxygens (including phenoxy) is 3. The molecule has 0 aliphatic carbocycles. The van der Waals surface area contributed by atoms with Crippen LogP contribution < -0.4 is 14.4 Å². The van der Waals surface area contributed by atoms with Gasteiger partial charge in [0, 0.05) is 11.8 Å². The van der Waals surface area contributed by atoms with Crippen molar-refractivity contribution in [2.45, 2.75) is 31.8 Å². The third-order valence-corrected chi connectivity index (χ3v) is 8.49. The number of ketones is 1. The van der Waals surface area contributed by atoms with Gasteiger partial charge in [0.1, 0.15) is 6.04 Å². The molecule has 3 heterocycles. The van der Waals surface area contributed by atoms with Gasteiger partial charge in [-0.3, -0.25) is 14.4 Å². The summed E-state index contributed by atoms with van der Waals surface area (Å²) in [5.41, 5.74) is 2.84. The summed E-state index contributed by atoms with van der Waals surface area (Å²) in [5.74, 6) is -2.43. The van der Waals surface area contributed by atoms with Gasteiger partial charge >= 0.3 is 5.97 Å². The summed E-state index contributed by atoms with van der Waals surface area (Å²) in [4.78, 5) is 58.0. The van der Waals surface area contributed by atoms with Crippen LogP contribution in [0.3, 0.4) is 0 Å². The van der Waals surface area contributed by atoms with E-state index in [0.29, 0.717) is 34.9 Å². The van der Waals surface area contributed by atoms with Crippen LogP contribution in [0.4, 0.5) is 5.69 Å². The predicted octanol–water partition coefficient (Wildman–Crippen LogP) is 5.06. The highest BCUT2D eigenvalue weighted by Gasteiger charge is 2.64. The van der Waals surface area contributed by atoms with Crippen LogP contribution in [0.5, 0.6) is 11.5 Å². The highest BCUT2D eigenvalue weighted by molar-refractivity contribution is 6.24. The summed E-state index contributed by atoms with van der Waals surface area (Å²) in [5, 5.41) is 0. The maximum Gasteiger partial charge on any atom is 0.338 e. The van der Waals surface area contributed by atoms with E-state index in [2.05, 4.69) is 0 Å². The van der Waals surface area contributed by atoms with Gasteiger partial charge in [-0.05, 0) is 66.1 Å². The van der Waals surface area contributed by atoms with E-state index in [0.717, 1.165) is 28.9 Å². The number of hydrogen-bond acceptors (Lipinski definition) is 8. The van der Waals surface area contributed by atoms with Gasteiger partial charge in [0.05, 0.1) is 50.0 Å². The first-order chi connectivity index (χ1) is 20.9. The fourth-order valence-electron chi connectivity index (χ4n) is 6.41. The molecule has 0 radical (unpaired) electrons. The molecule has 2 fully saturated rings. The van der Waals surface area contributed by atoms with Crippen molar-refractivity contribution in [2.75, 3.05) is 25.7 Å². The van der Waals surface area contributed by atoms with Crippen molar-refractivity contribution in [3.8, 4) is 11.5 Å². The molecule has 0 saturated carbocycles. The number of esters is 1. The molecule has 3 aromatic carbocycles. The van der Waals surface area contributed by atoms with E-state index in [1.165, 1.54) is 14.2 Å². The Bertz CT molecular complexity index is 1630. The number of nitrogens with zero attached hydrogens (tertiary/aromatic N) is 2. The van der Waals surface area contributed by atoms with Crippen molar-refractivity contribution in [3.63, 3.8) is 0 Å². The number of imide groups is 1. The fraction of sp³-hybridized carbons (Fsp3) is 0.294. The Labute approximate surface area is 249 Å². The lowest BCUT2D eigenvalue weighted by atomic mass is 9.83. The van der Waals surface area contributed by atoms with Crippen LogP contribution in [-0.2, 0) is 14.3 Å². The number of benzene rings is 3. The molecule has 9 nitrogen and oxygen atoms in total. The molecule has 3 aliphatic rings. The number of Topliss-reactive ketones (excluding diaryl/α,β-unsaturated/α-hetero) is 1. The van der Waals surface area contributed by atoms with Crippen LogP contribution in [0.25, 0.3) is 6.08 Å². The quantitative estimate of drug-likeness (QED) is 0.150. The molecule has 3 aromatic rings. The molecule has 0 unspecified atom stereocenters. The zero-order chi connectivity index (χ0) is 30.2. The molecule has 220 valence electrons. The Hall–Kier alpha value is -4.92. The molecule has 3 aliphatic heterocycles. The molecule has 4 atom stereocenters. The van der Waals surface area contributed by atoms with Crippen LogP contribution in [0, 0.1) is 11.8 Å². The Morgan fingerprint density at radius 1 is 0.837 bits per heavy atom. The largest absolute Gasteiger partial charge is 0.493 e. The Kier molecular flexibility index (Phi) is 7.48. The van der Waals surface area contributed by atoms with Gasteiger partial charge in [0.2, 0.25) is 11.8 Å². The summed E-state index contributed by atoms with van der Waals surface area (Å²) in [6, 6.07) is 17.4. The summed E-state index contributed by atoms with van der Waals surface area (Å²) in [7, 11) is 3.01. The van der Waals surface area contributed by atoms with Gasteiger partial charge in [-0.15, -0.1) is 0 Å². The van der Waals surface area contributed by atoms with Crippen LogP contribution in [-0.4, -0.2) is 55.3 Å². The van der Waals surface area contributed by atoms with E-state index in [4.69, 9.17) is 14.2 Å². The van der Waals surface area contributed by atoms with Crippen molar-refractivity contribution >= 4 is 35.3 Å². The standard InChI is InChI=1S/C34H32N2O7/c1-4-5-18-43-34(40)21-10-13-23(14-11-21)36-32(38)27-28(33(36)39)30(31(37)22-12-15-25(41-2)26(19-22)42-3)35-17-16-20-8-6-7-9-24(20)29(27)35/h6-17,19,27-30H,4-5,18H2,1-3H3/t27-,28+,29+,30+/m0/s1. The number of carbonyl (C=O) groups is 4. The number of unbranched alkanes of at least 4 members (excludes halogenated alkanes) is 1. The third kappa shape index (κ3) is 4.65. The number of rotatable bonds is 9. The van der Waals surface area contributed by atoms with E-state index < -0.39 is 35.8 Å². The summed E-state index contributed by atoms with van der Waals surface area (Å²) in [6.45, 7) is 2.34. The zero-order valence-corrected chi connectivity index (χ0v) is 24.2. The molecule has 0 spiro atoms. The van der Waals surface area contributed by atoms with E-state index in [1.54, 1.807) is 42.5 Å². The van der Waals surface area contributed by atoms with Crippen molar-refractivity contribution in [3.05, 3.63) is 95.2 Å². The number of methoxy groups -OCH3 is 2. The topological polar surface area (TPSA) is 102 Å². The van der Waals surface area contributed by atoms with Gasteiger partial charge in [0.25, 0.3) is 0 Å².